The Balaban J connectivity index is 2.85. The molecule has 0 spiro atoms. The van der Waals surface area contributed by atoms with E-state index in [4.69, 9.17) is 10.1 Å². The molecule has 0 unspecified atom stereocenters. The van der Waals surface area contributed by atoms with Crippen molar-refractivity contribution < 1.29 is 17.5 Å². The minimum absolute atomic E-state index is 0.00523. The van der Waals surface area contributed by atoms with Crippen LogP contribution in [-0.4, -0.2) is 32.2 Å². The fraction of sp³-hybridized carbons (Fsp3) is 0.300. The van der Waals surface area contributed by atoms with Crippen molar-refractivity contribution in [2.75, 3.05) is 13.7 Å². The number of ether oxygens (including phenoxy) is 1. The number of rotatable bonds is 2. The van der Waals surface area contributed by atoms with Gasteiger partial charge >= 0.3 is 0 Å². The molecule has 0 bridgehead atoms. The summed E-state index contributed by atoms with van der Waals surface area (Å²) in [6.07, 6.45) is 0. The second-order valence-corrected chi connectivity index (χ2v) is 5.27. The first-order valence-corrected chi connectivity index (χ1v) is 6.37. The van der Waals surface area contributed by atoms with Crippen LogP contribution in [0.1, 0.15) is 12.5 Å². The lowest BCUT2D eigenvalue weighted by Gasteiger charge is -2.13. The van der Waals surface area contributed by atoms with Crippen molar-refractivity contribution >= 4 is 15.9 Å². The molecule has 0 fully saturated rings. The predicted octanol–water partition coefficient (Wildman–Crippen LogP) is 1.18. The first-order valence-electron chi connectivity index (χ1n) is 4.93. The van der Waals surface area contributed by atoms with Crippen molar-refractivity contribution in [2.45, 2.75) is 11.8 Å². The Morgan fingerprint density at radius 3 is 2.65 bits per heavy atom. The van der Waals surface area contributed by atoms with E-state index in [9.17, 15) is 12.8 Å². The summed E-state index contributed by atoms with van der Waals surface area (Å²) in [5.41, 5.74) is -0.00523. The minimum atomic E-state index is -3.96. The van der Waals surface area contributed by atoms with Crippen molar-refractivity contribution in [1.82, 2.24) is 4.31 Å². The lowest BCUT2D eigenvalue weighted by molar-refractivity contribution is 0.410. The van der Waals surface area contributed by atoms with E-state index in [0.29, 0.717) is 0 Å². The number of methoxy groups -OCH3 is 1. The van der Waals surface area contributed by atoms with Crippen LogP contribution in [0.25, 0.3) is 0 Å². The van der Waals surface area contributed by atoms with E-state index in [2.05, 4.69) is 0 Å². The van der Waals surface area contributed by atoms with Gasteiger partial charge in [-0.25, -0.2) is 17.1 Å². The molecule has 0 radical (unpaired) electrons. The molecule has 1 aliphatic rings. The molecule has 0 aromatic heterocycles. The Morgan fingerprint density at radius 2 is 2.12 bits per heavy atom. The number of sulfonamides is 1. The Hall–Kier alpha value is -1.63. The highest BCUT2D eigenvalue weighted by Gasteiger charge is 2.42. The lowest BCUT2D eigenvalue weighted by Crippen LogP contribution is -2.29. The van der Waals surface area contributed by atoms with Gasteiger partial charge in [-0.1, -0.05) is 0 Å². The van der Waals surface area contributed by atoms with E-state index in [0.717, 1.165) is 10.4 Å². The third-order valence-corrected chi connectivity index (χ3v) is 4.55. The van der Waals surface area contributed by atoms with Crippen LogP contribution < -0.4 is 4.74 Å². The summed E-state index contributed by atoms with van der Waals surface area (Å²) in [7, 11) is -2.61. The summed E-state index contributed by atoms with van der Waals surface area (Å²) < 4.78 is 43.5. The van der Waals surface area contributed by atoms with Gasteiger partial charge in [0.05, 0.1) is 12.7 Å². The molecule has 1 aliphatic heterocycles. The van der Waals surface area contributed by atoms with Crippen LogP contribution in [0.15, 0.2) is 17.0 Å². The molecule has 92 valence electrons. The highest BCUT2D eigenvalue weighted by Crippen LogP contribution is 2.37. The van der Waals surface area contributed by atoms with Crippen molar-refractivity contribution in [2.24, 2.45) is 0 Å². The van der Waals surface area contributed by atoms with E-state index in [1.54, 1.807) is 6.92 Å². The highest BCUT2D eigenvalue weighted by molar-refractivity contribution is 7.90. The van der Waals surface area contributed by atoms with Gasteiger partial charge in [0.1, 0.15) is 22.3 Å². The molecule has 0 saturated carbocycles. The van der Waals surface area contributed by atoms with E-state index in [-0.39, 0.29) is 23.7 Å². The summed E-state index contributed by atoms with van der Waals surface area (Å²) >= 11 is 0. The molecule has 1 aromatic rings. The molecule has 1 heterocycles. The summed E-state index contributed by atoms with van der Waals surface area (Å²) in [5, 5.41) is 7.78. The van der Waals surface area contributed by atoms with Gasteiger partial charge < -0.3 is 4.74 Å². The number of nitrogens with zero attached hydrogens (tertiary/aromatic N) is 1. The maximum atomic E-state index is 13.6. The Morgan fingerprint density at radius 1 is 1.47 bits per heavy atom. The first kappa shape index (κ1) is 11.8. The molecule has 2 rings (SSSR count). The predicted molar refractivity (Wildman–Crippen MR) is 59.3 cm³/mol. The van der Waals surface area contributed by atoms with Gasteiger partial charge in [-0.15, -0.1) is 0 Å². The van der Waals surface area contributed by atoms with Crippen LogP contribution >= 0.6 is 0 Å². The molecular formula is C10H11FN2O3S. The molecule has 1 N–H and O–H groups in total. The molecule has 0 amide bonds. The van der Waals surface area contributed by atoms with Crippen LogP contribution in [0, 0.1) is 11.2 Å². The molecule has 5 nitrogen and oxygen atoms in total. The van der Waals surface area contributed by atoms with Crippen molar-refractivity contribution in [3.63, 3.8) is 0 Å². The quantitative estimate of drug-likeness (QED) is 0.866. The molecule has 0 atom stereocenters. The zero-order valence-electron chi connectivity index (χ0n) is 9.32. The van der Waals surface area contributed by atoms with Crippen molar-refractivity contribution in [3.05, 3.63) is 23.5 Å². The Kier molecular flexibility index (Phi) is 2.57. The van der Waals surface area contributed by atoms with Gasteiger partial charge in [-0.05, 0) is 19.1 Å². The van der Waals surface area contributed by atoms with E-state index < -0.39 is 20.7 Å². The molecule has 1 aromatic carbocycles. The number of hydrogen-bond donors (Lipinski definition) is 1. The zero-order chi connectivity index (χ0) is 12.8. The third kappa shape index (κ3) is 1.42. The third-order valence-electron chi connectivity index (χ3n) is 2.61. The number of nitrogens with one attached hydrogen (secondary N) is 1. The maximum absolute atomic E-state index is 13.6. The van der Waals surface area contributed by atoms with Crippen LogP contribution in [0.3, 0.4) is 0 Å². The van der Waals surface area contributed by atoms with Crippen LogP contribution in [0.5, 0.6) is 5.75 Å². The highest BCUT2D eigenvalue weighted by atomic mass is 32.2. The second-order valence-electron chi connectivity index (χ2n) is 3.47. The number of amidine groups is 1. The average molecular weight is 258 g/mol. The number of fused-ring (bicyclic) bond motifs is 1. The Labute approximate surface area is 98.4 Å². The largest absolute Gasteiger partial charge is 0.496 e. The second kappa shape index (κ2) is 3.69. The van der Waals surface area contributed by atoms with Gasteiger partial charge in [0.25, 0.3) is 10.0 Å². The summed E-state index contributed by atoms with van der Waals surface area (Å²) in [6, 6.07) is 2.35. The van der Waals surface area contributed by atoms with E-state index in [1.165, 1.54) is 13.2 Å². The standard InChI is InChI=1S/C10H11FN2O3S/c1-3-13-10(12)8-7(16-2)5-4-6(11)9(8)17(13,14)15/h4-5,12H,3H2,1-2H3. The first-order chi connectivity index (χ1) is 7.95. The molecule has 0 saturated heterocycles. The SMILES string of the molecule is CCN1C(=N)c2c(OC)ccc(F)c2S1(=O)=O. The van der Waals surface area contributed by atoms with Gasteiger partial charge in [0.15, 0.2) is 0 Å². The fourth-order valence-corrected chi connectivity index (χ4v) is 3.53. The Bertz CT molecular complexity index is 598. The number of halogens is 1. The van der Waals surface area contributed by atoms with Gasteiger partial charge in [-0.2, -0.15) is 0 Å². The molecule has 17 heavy (non-hydrogen) atoms. The van der Waals surface area contributed by atoms with Gasteiger partial charge in [-0.3, -0.25) is 5.41 Å². The average Bonchev–Trinajstić information content (AvgIpc) is 2.48. The maximum Gasteiger partial charge on any atom is 0.269 e. The monoisotopic (exact) mass is 258 g/mol. The van der Waals surface area contributed by atoms with Crippen molar-refractivity contribution in [3.8, 4) is 5.75 Å². The topological polar surface area (TPSA) is 70.5 Å². The number of benzene rings is 1. The van der Waals surface area contributed by atoms with Crippen LogP contribution in [0.2, 0.25) is 0 Å². The molecule has 7 heteroatoms. The smallest absolute Gasteiger partial charge is 0.269 e. The summed E-state index contributed by atoms with van der Waals surface area (Å²) in [4.78, 5) is -0.469. The number of hydrogen-bond acceptors (Lipinski definition) is 4. The van der Waals surface area contributed by atoms with E-state index in [1.807, 2.05) is 0 Å². The lowest BCUT2D eigenvalue weighted by atomic mass is 10.1. The summed E-state index contributed by atoms with van der Waals surface area (Å²) in [5.74, 6) is -0.925. The van der Waals surface area contributed by atoms with Crippen molar-refractivity contribution in [1.29, 1.82) is 5.41 Å². The van der Waals surface area contributed by atoms with Crippen LogP contribution in [-0.2, 0) is 10.0 Å². The van der Waals surface area contributed by atoms with Gasteiger partial charge in [0, 0.05) is 6.54 Å². The zero-order valence-corrected chi connectivity index (χ0v) is 10.1. The fourth-order valence-electron chi connectivity index (χ4n) is 1.87. The molecular weight excluding hydrogens is 247 g/mol. The van der Waals surface area contributed by atoms with Crippen LogP contribution in [0.4, 0.5) is 4.39 Å². The summed E-state index contributed by atoms with van der Waals surface area (Å²) in [6.45, 7) is 1.67. The van der Waals surface area contributed by atoms with Gasteiger partial charge in [0.2, 0.25) is 0 Å². The normalized spacial score (nSPS) is 17.1. The minimum Gasteiger partial charge on any atom is -0.496 e. The van der Waals surface area contributed by atoms with E-state index >= 15 is 0 Å². The molecule has 0 aliphatic carbocycles.